The Labute approximate surface area is 85.1 Å². The van der Waals surface area contributed by atoms with Crippen LogP contribution in [0.15, 0.2) is 39.9 Å². The molecule has 74 valence electrons. The van der Waals surface area contributed by atoms with Gasteiger partial charge in [0, 0.05) is 5.39 Å². The van der Waals surface area contributed by atoms with Crippen molar-refractivity contribution < 1.29 is 14.0 Å². The summed E-state index contributed by atoms with van der Waals surface area (Å²) in [5, 5.41) is 4.65. The van der Waals surface area contributed by atoms with Crippen LogP contribution in [0.4, 0.5) is 0 Å². The molecule has 0 fully saturated rings. The summed E-state index contributed by atoms with van der Waals surface area (Å²) in [5.74, 6) is 0.257. The standard InChI is InChI=1S/C11H7NO3/c13-11-6-8(12-15-11)10-5-7-3-1-2-4-9(7)14-10/h1-5H,6H2. The Balaban J connectivity index is 2.09. The number of fused-ring (bicyclic) bond motifs is 1. The van der Waals surface area contributed by atoms with Crippen molar-refractivity contribution in [2.24, 2.45) is 5.16 Å². The number of benzene rings is 1. The van der Waals surface area contributed by atoms with Crippen molar-refractivity contribution in [1.82, 2.24) is 0 Å². The summed E-state index contributed by atoms with van der Waals surface area (Å²) in [7, 11) is 0. The van der Waals surface area contributed by atoms with Crippen molar-refractivity contribution in [3.05, 3.63) is 36.1 Å². The Bertz CT molecular complexity index is 535. The van der Waals surface area contributed by atoms with Gasteiger partial charge in [0.2, 0.25) is 0 Å². The molecule has 2 aromatic rings. The van der Waals surface area contributed by atoms with Gasteiger partial charge < -0.3 is 9.25 Å². The maximum absolute atomic E-state index is 10.9. The first kappa shape index (κ1) is 8.23. The van der Waals surface area contributed by atoms with Crippen molar-refractivity contribution in [2.45, 2.75) is 6.42 Å². The first-order valence-electron chi connectivity index (χ1n) is 4.58. The lowest BCUT2D eigenvalue weighted by Crippen LogP contribution is -1.98. The highest BCUT2D eigenvalue weighted by Crippen LogP contribution is 2.21. The molecule has 0 N–H and O–H groups in total. The Kier molecular flexibility index (Phi) is 1.62. The Hall–Kier alpha value is -2.10. The molecule has 1 aromatic heterocycles. The lowest BCUT2D eigenvalue weighted by molar-refractivity contribution is -0.140. The van der Waals surface area contributed by atoms with E-state index in [9.17, 15) is 4.79 Å². The molecular formula is C11H7NO3. The summed E-state index contributed by atoms with van der Waals surface area (Å²) < 4.78 is 5.54. The fourth-order valence-electron chi connectivity index (χ4n) is 1.56. The molecular weight excluding hydrogens is 194 g/mol. The van der Waals surface area contributed by atoms with Crippen LogP contribution in [0, 0.1) is 0 Å². The summed E-state index contributed by atoms with van der Waals surface area (Å²) in [6.45, 7) is 0. The zero-order valence-electron chi connectivity index (χ0n) is 7.77. The predicted molar refractivity (Wildman–Crippen MR) is 53.5 cm³/mol. The third kappa shape index (κ3) is 1.30. The molecule has 0 radical (unpaired) electrons. The van der Waals surface area contributed by atoms with Gasteiger partial charge in [-0.3, -0.25) is 0 Å². The Morgan fingerprint density at radius 2 is 2.13 bits per heavy atom. The fraction of sp³-hybridized carbons (Fsp3) is 0.0909. The van der Waals surface area contributed by atoms with E-state index in [1.54, 1.807) is 0 Å². The van der Waals surface area contributed by atoms with Gasteiger partial charge in [0.05, 0.1) is 6.42 Å². The molecule has 0 bridgehead atoms. The quantitative estimate of drug-likeness (QED) is 0.664. The maximum Gasteiger partial charge on any atom is 0.341 e. The number of hydrogen-bond donors (Lipinski definition) is 0. The van der Waals surface area contributed by atoms with Crippen LogP contribution < -0.4 is 0 Å². The van der Waals surface area contributed by atoms with Crippen LogP contribution in [-0.4, -0.2) is 11.7 Å². The molecule has 15 heavy (non-hydrogen) atoms. The Morgan fingerprint density at radius 3 is 2.87 bits per heavy atom. The van der Waals surface area contributed by atoms with Gasteiger partial charge in [0.1, 0.15) is 11.3 Å². The van der Waals surface area contributed by atoms with Gasteiger partial charge in [-0.1, -0.05) is 23.4 Å². The van der Waals surface area contributed by atoms with Crippen LogP contribution in [-0.2, 0) is 9.63 Å². The summed E-state index contributed by atoms with van der Waals surface area (Å²) in [6, 6.07) is 9.50. The molecule has 2 heterocycles. The van der Waals surface area contributed by atoms with Crippen LogP contribution in [0.25, 0.3) is 11.0 Å². The van der Waals surface area contributed by atoms with Crippen LogP contribution in [0.1, 0.15) is 12.2 Å². The van der Waals surface area contributed by atoms with E-state index in [1.807, 2.05) is 30.3 Å². The maximum atomic E-state index is 10.9. The molecule has 0 saturated carbocycles. The number of oxime groups is 1. The van der Waals surface area contributed by atoms with Gasteiger partial charge in [0.15, 0.2) is 5.76 Å². The highest BCUT2D eigenvalue weighted by Gasteiger charge is 2.21. The largest absolute Gasteiger partial charge is 0.455 e. The van der Waals surface area contributed by atoms with Crippen LogP contribution in [0.3, 0.4) is 0 Å². The highest BCUT2D eigenvalue weighted by atomic mass is 16.7. The smallest absolute Gasteiger partial charge is 0.341 e. The second kappa shape index (κ2) is 2.95. The molecule has 0 atom stereocenters. The topological polar surface area (TPSA) is 51.8 Å². The monoisotopic (exact) mass is 201 g/mol. The molecule has 1 aliphatic rings. The van der Waals surface area contributed by atoms with Gasteiger partial charge in [-0.2, -0.15) is 0 Å². The lowest BCUT2D eigenvalue weighted by atomic mass is 10.2. The number of carbonyl (C=O) groups is 1. The van der Waals surface area contributed by atoms with E-state index in [0.717, 1.165) is 11.0 Å². The second-order valence-corrected chi connectivity index (χ2v) is 3.33. The number of rotatable bonds is 1. The minimum atomic E-state index is -0.342. The van der Waals surface area contributed by atoms with Crippen molar-refractivity contribution in [3.8, 4) is 0 Å². The number of hydrogen-bond acceptors (Lipinski definition) is 4. The van der Waals surface area contributed by atoms with Gasteiger partial charge in [0.25, 0.3) is 0 Å². The summed E-state index contributed by atoms with van der Waals surface area (Å²) in [6.07, 6.45) is 0.180. The van der Waals surface area contributed by atoms with E-state index >= 15 is 0 Å². The van der Waals surface area contributed by atoms with Crippen molar-refractivity contribution in [2.75, 3.05) is 0 Å². The van der Waals surface area contributed by atoms with Crippen LogP contribution in [0.5, 0.6) is 0 Å². The zero-order chi connectivity index (χ0) is 10.3. The van der Waals surface area contributed by atoms with E-state index < -0.39 is 0 Å². The van der Waals surface area contributed by atoms with Crippen LogP contribution >= 0.6 is 0 Å². The van der Waals surface area contributed by atoms with Gasteiger partial charge >= 0.3 is 5.97 Å². The highest BCUT2D eigenvalue weighted by molar-refractivity contribution is 6.11. The van der Waals surface area contributed by atoms with E-state index in [1.165, 1.54) is 0 Å². The number of para-hydroxylation sites is 1. The molecule has 0 unspecified atom stereocenters. The minimum Gasteiger partial charge on any atom is -0.455 e. The summed E-state index contributed by atoms with van der Waals surface area (Å²) in [4.78, 5) is 15.4. The molecule has 0 spiro atoms. The van der Waals surface area contributed by atoms with Gasteiger partial charge in [-0.25, -0.2) is 4.79 Å². The van der Waals surface area contributed by atoms with Gasteiger partial charge in [-0.15, -0.1) is 0 Å². The molecule has 1 aliphatic heterocycles. The first-order valence-corrected chi connectivity index (χ1v) is 4.58. The van der Waals surface area contributed by atoms with E-state index in [-0.39, 0.29) is 12.4 Å². The first-order chi connectivity index (χ1) is 7.33. The van der Waals surface area contributed by atoms with Gasteiger partial charge in [-0.05, 0) is 12.1 Å². The third-order valence-corrected chi connectivity index (χ3v) is 2.28. The summed E-state index contributed by atoms with van der Waals surface area (Å²) >= 11 is 0. The molecule has 0 aliphatic carbocycles. The number of nitrogens with zero attached hydrogens (tertiary/aromatic N) is 1. The minimum absolute atomic E-state index is 0.180. The van der Waals surface area contributed by atoms with E-state index in [2.05, 4.69) is 9.99 Å². The average Bonchev–Trinajstić information content (AvgIpc) is 2.82. The molecule has 4 heteroatoms. The molecule has 0 amide bonds. The lowest BCUT2D eigenvalue weighted by Gasteiger charge is -1.87. The summed E-state index contributed by atoms with van der Waals surface area (Å²) in [5.41, 5.74) is 1.34. The SMILES string of the molecule is O=C1CC(c2cc3ccccc3o2)=NO1. The fourth-order valence-corrected chi connectivity index (χ4v) is 1.56. The van der Waals surface area contributed by atoms with E-state index in [0.29, 0.717) is 11.5 Å². The average molecular weight is 201 g/mol. The predicted octanol–water partition coefficient (Wildman–Crippen LogP) is 2.08. The molecule has 0 saturated heterocycles. The normalized spacial score (nSPS) is 15.5. The zero-order valence-corrected chi connectivity index (χ0v) is 7.77. The van der Waals surface area contributed by atoms with Crippen molar-refractivity contribution >= 4 is 22.7 Å². The molecule has 3 rings (SSSR count). The number of furan rings is 1. The Morgan fingerprint density at radius 1 is 1.27 bits per heavy atom. The third-order valence-electron chi connectivity index (χ3n) is 2.28. The van der Waals surface area contributed by atoms with Crippen LogP contribution in [0.2, 0.25) is 0 Å². The number of carbonyl (C=O) groups excluding carboxylic acids is 1. The molecule has 4 nitrogen and oxygen atoms in total. The van der Waals surface area contributed by atoms with Crippen molar-refractivity contribution in [3.63, 3.8) is 0 Å². The van der Waals surface area contributed by atoms with E-state index in [4.69, 9.17) is 4.42 Å². The molecule has 1 aromatic carbocycles. The second-order valence-electron chi connectivity index (χ2n) is 3.33. The van der Waals surface area contributed by atoms with Crippen molar-refractivity contribution in [1.29, 1.82) is 0 Å².